The monoisotopic (exact) mass is 333 g/mol. The van der Waals surface area contributed by atoms with E-state index in [2.05, 4.69) is 17.1 Å². The van der Waals surface area contributed by atoms with Crippen molar-refractivity contribution in [3.05, 3.63) is 29.8 Å². The van der Waals surface area contributed by atoms with Crippen molar-refractivity contribution >= 4 is 17.5 Å². The van der Waals surface area contributed by atoms with Gasteiger partial charge in [0, 0.05) is 38.4 Å². The minimum Gasteiger partial charge on any atom is -0.395 e. The molecule has 6 nitrogen and oxygen atoms in total. The quantitative estimate of drug-likeness (QED) is 0.765. The van der Waals surface area contributed by atoms with E-state index in [1.54, 1.807) is 4.90 Å². The fourth-order valence-corrected chi connectivity index (χ4v) is 2.78. The van der Waals surface area contributed by atoms with E-state index in [0.717, 1.165) is 19.3 Å². The number of β-amino-alcohol motifs (C(OH)–C–C–N with tert-alkyl or cyclic N) is 1. The number of unbranched alkanes of at least 4 members (excludes halogenated alkanes) is 1. The van der Waals surface area contributed by atoms with E-state index < -0.39 is 11.8 Å². The molecule has 2 N–H and O–H groups in total. The number of aliphatic hydroxyl groups excluding tert-OH is 1. The van der Waals surface area contributed by atoms with Crippen LogP contribution < -0.4 is 5.32 Å². The summed E-state index contributed by atoms with van der Waals surface area (Å²) in [6.45, 7) is 5.28. The van der Waals surface area contributed by atoms with Crippen molar-refractivity contribution < 1.29 is 14.7 Å². The van der Waals surface area contributed by atoms with Gasteiger partial charge in [-0.15, -0.1) is 0 Å². The molecule has 6 heteroatoms. The molecule has 1 aromatic rings. The van der Waals surface area contributed by atoms with E-state index in [0.29, 0.717) is 38.4 Å². The molecule has 1 saturated heterocycles. The molecule has 1 fully saturated rings. The Labute approximate surface area is 143 Å². The van der Waals surface area contributed by atoms with Gasteiger partial charge < -0.3 is 15.3 Å². The van der Waals surface area contributed by atoms with Crippen LogP contribution >= 0.6 is 0 Å². The van der Waals surface area contributed by atoms with Gasteiger partial charge in [-0.2, -0.15) is 0 Å². The number of hydrogen-bond acceptors (Lipinski definition) is 4. The van der Waals surface area contributed by atoms with Crippen molar-refractivity contribution in [2.45, 2.75) is 26.2 Å². The molecule has 0 bridgehead atoms. The van der Waals surface area contributed by atoms with E-state index in [-0.39, 0.29) is 6.61 Å². The van der Waals surface area contributed by atoms with Crippen molar-refractivity contribution in [2.24, 2.45) is 0 Å². The molecule has 24 heavy (non-hydrogen) atoms. The summed E-state index contributed by atoms with van der Waals surface area (Å²) in [5, 5.41) is 11.6. The number of aliphatic hydroxyl groups is 1. The van der Waals surface area contributed by atoms with Gasteiger partial charge in [0.25, 0.3) is 0 Å². The second-order valence-corrected chi connectivity index (χ2v) is 6.11. The number of rotatable bonds is 6. The topological polar surface area (TPSA) is 72.9 Å². The van der Waals surface area contributed by atoms with Crippen molar-refractivity contribution in [3.63, 3.8) is 0 Å². The molecule has 0 atom stereocenters. The van der Waals surface area contributed by atoms with Crippen molar-refractivity contribution in [3.8, 4) is 0 Å². The third-order valence-corrected chi connectivity index (χ3v) is 4.30. The first kappa shape index (κ1) is 18.4. The van der Waals surface area contributed by atoms with Crippen molar-refractivity contribution in [2.75, 3.05) is 44.6 Å². The number of nitrogens with one attached hydrogen (secondary N) is 1. The highest BCUT2D eigenvalue weighted by atomic mass is 16.3. The number of carbonyl (C=O) groups excluding carboxylic acids is 2. The number of aryl methyl sites for hydroxylation is 1. The SMILES string of the molecule is CCCCc1ccc(NC(=O)C(=O)N2CCN(CCO)CC2)cc1. The van der Waals surface area contributed by atoms with Gasteiger partial charge in [0.05, 0.1) is 6.61 Å². The summed E-state index contributed by atoms with van der Waals surface area (Å²) in [6.07, 6.45) is 3.33. The number of piperazine rings is 1. The van der Waals surface area contributed by atoms with Gasteiger partial charge >= 0.3 is 11.8 Å². The lowest BCUT2D eigenvalue weighted by Gasteiger charge is -2.33. The Hall–Kier alpha value is -1.92. The molecule has 0 saturated carbocycles. The molecule has 0 spiro atoms. The van der Waals surface area contributed by atoms with Gasteiger partial charge in [0.15, 0.2) is 0 Å². The molecule has 2 amide bonds. The predicted molar refractivity (Wildman–Crippen MR) is 93.8 cm³/mol. The summed E-state index contributed by atoms with van der Waals surface area (Å²) in [6, 6.07) is 7.66. The first-order chi connectivity index (χ1) is 11.6. The molecule has 1 aromatic carbocycles. The fraction of sp³-hybridized carbons (Fsp3) is 0.556. The Morgan fingerprint density at radius 3 is 2.38 bits per heavy atom. The number of carbonyl (C=O) groups is 2. The molecular formula is C18H27N3O3. The maximum Gasteiger partial charge on any atom is 0.313 e. The highest BCUT2D eigenvalue weighted by Crippen LogP contribution is 2.12. The minimum absolute atomic E-state index is 0.114. The van der Waals surface area contributed by atoms with Crippen LogP contribution in [0.2, 0.25) is 0 Å². The molecule has 0 unspecified atom stereocenters. The smallest absolute Gasteiger partial charge is 0.313 e. The highest BCUT2D eigenvalue weighted by Gasteiger charge is 2.25. The number of hydrogen-bond donors (Lipinski definition) is 2. The van der Waals surface area contributed by atoms with Crippen molar-refractivity contribution in [1.29, 1.82) is 0 Å². The number of amides is 2. The van der Waals surface area contributed by atoms with Gasteiger partial charge in [-0.3, -0.25) is 14.5 Å². The second-order valence-electron chi connectivity index (χ2n) is 6.11. The van der Waals surface area contributed by atoms with E-state index in [9.17, 15) is 9.59 Å². The highest BCUT2D eigenvalue weighted by molar-refractivity contribution is 6.39. The number of nitrogens with zero attached hydrogens (tertiary/aromatic N) is 2. The Morgan fingerprint density at radius 2 is 1.79 bits per heavy atom. The summed E-state index contributed by atoms with van der Waals surface area (Å²) < 4.78 is 0. The Balaban J connectivity index is 1.82. The average molecular weight is 333 g/mol. The second kappa shape index (κ2) is 9.39. The summed E-state index contributed by atoms with van der Waals surface area (Å²) in [7, 11) is 0. The molecule has 1 aliphatic rings. The van der Waals surface area contributed by atoms with Gasteiger partial charge in [-0.05, 0) is 30.5 Å². The third kappa shape index (κ3) is 5.32. The molecule has 1 aliphatic heterocycles. The number of benzene rings is 1. The van der Waals surface area contributed by atoms with E-state index >= 15 is 0 Å². The van der Waals surface area contributed by atoms with Crippen LogP contribution in [0.15, 0.2) is 24.3 Å². The maximum absolute atomic E-state index is 12.2. The Morgan fingerprint density at radius 1 is 1.12 bits per heavy atom. The first-order valence-corrected chi connectivity index (χ1v) is 8.66. The van der Waals surface area contributed by atoms with Crippen LogP contribution in [0, 0.1) is 0 Å². The van der Waals surface area contributed by atoms with Gasteiger partial charge in [0.1, 0.15) is 0 Å². The minimum atomic E-state index is -0.591. The van der Waals surface area contributed by atoms with Crippen LogP contribution in [0.1, 0.15) is 25.3 Å². The molecule has 0 radical (unpaired) electrons. The molecular weight excluding hydrogens is 306 g/mol. The van der Waals surface area contributed by atoms with Crippen LogP contribution in [-0.4, -0.2) is 66.1 Å². The molecule has 0 aliphatic carbocycles. The molecule has 1 heterocycles. The van der Waals surface area contributed by atoms with E-state index in [1.807, 2.05) is 24.3 Å². The van der Waals surface area contributed by atoms with E-state index in [1.165, 1.54) is 5.56 Å². The summed E-state index contributed by atoms with van der Waals surface area (Å²) in [5.41, 5.74) is 1.88. The zero-order valence-electron chi connectivity index (χ0n) is 14.3. The lowest BCUT2D eigenvalue weighted by molar-refractivity contribution is -0.144. The lowest BCUT2D eigenvalue weighted by Crippen LogP contribution is -2.52. The third-order valence-electron chi connectivity index (χ3n) is 4.30. The van der Waals surface area contributed by atoms with Gasteiger partial charge in [-0.1, -0.05) is 25.5 Å². The molecule has 132 valence electrons. The molecule has 2 rings (SSSR count). The lowest BCUT2D eigenvalue weighted by atomic mass is 10.1. The predicted octanol–water partition coefficient (Wildman–Crippen LogP) is 1.10. The van der Waals surface area contributed by atoms with Crippen molar-refractivity contribution in [1.82, 2.24) is 9.80 Å². The molecule has 0 aromatic heterocycles. The van der Waals surface area contributed by atoms with Crippen LogP contribution in [0.25, 0.3) is 0 Å². The zero-order valence-corrected chi connectivity index (χ0v) is 14.3. The van der Waals surface area contributed by atoms with Crippen LogP contribution in [-0.2, 0) is 16.0 Å². The summed E-state index contributed by atoms with van der Waals surface area (Å²) in [5.74, 6) is -1.08. The Bertz CT molecular complexity index is 537. The standard InChI is InChI=1S/C18H27N3O3/c1-2-3-4-15-5-7-16(8-6-15)19-17(23)18(24)21-11-9-20(10-12-21)13-14-22/h5-8,22H,2-4,9-14H2,1H3,(H,19,23). The Kier molecular flexibility index (Phi) is 7.21. The summed E-state index contributed by atoms with van der Waals surface area (Å²) >= 11 is 0. The van der Waals surface area contributed by atoms with Crippen LogP contribution in [0.5, 0.6) is 0 Å². The maximum atomic E-state index is 12.2. The van der Waals surface area contributed by atoms with Gasteiger partial charge in [0.2, 0.25) is 0 Å². The fourth-order valence-electron chi connectivity index (χ4n) is 2.78. The first-order valence-electron chi connectivity index (χ1n) is 8.66. The average Bonchev–Trinajstić information content (AvgIpc) is 2.61. The van der Waals surface area contributed by atoms with Gasteiger partial charge in [-0.25, -0.2) is 0 Å². The number of anilines is 1. The normalized spacial score (nSPS) is 15.3. The van der Waals surface area contributed by atoms with Crippen LogP contribution in [0.4, 0.5) is 5.69 Å². The zero-order chi connectivity index (χ0) is 17.4. The summed E-state index contributed by atoms with van der Waals surface area (Å²) in [4.78, 5) is 28.0. The van der Waals surface area contributed by atoms with E-state index in [4.69, 9.17) is 5.11 Å². The largest absolute Gasteiger partial charge is 0.395 e. The van der Waals surface area contributed by atoms with Crippen LogP contribution in [0.3, 0.4) is 0 Å².